The Morgan fingerprint density at radius 2 is 1.92 bits per heavy atom. The van der Waals surface area contributed by atoms with Gasteiger partial charge in [-0.25, -0.2) is 4.79 Å². The van der Waals surface area contributed by atoms with E-state index in [4.69, 9.17) is 11.6 Å². The van der Waals surface area contributed by atoms with Crippen LogP contribution in [0.4, 0.5) is 5.69 Å². The SMILES string of the molecule is COC(=O)c1ccc(Cl)c(NC(=O)c2cc(-c3ccncc3)n[nH]2)c1. The Bertz CT molecular complexity index is 925. The van der Waals surface area contributed by atoms with E-state index in [9.17, 15) is 9.59 Å². The molecule has 0 atom stereocenters. The van der Waals surface area contributed by atoms with Crippen LogP contribution in [0, 0.1) is 0 Å². The first-order valence-electron chi connectivity index (χ1n) is 7.23. The second-order valence-corrected chi connectivity index (χ2v) is 5.45. The van der Waals surface area contributed by atoms with Crippen LogP contribution in [-0.4, -0.2) is 34.2 Å². The van der Waals surface area contributed by atoms with Crippen LogP contribution in [0.25, 0.3) is 11.3 Å². The molecular formula is C17H13ClN4O3. The number of esters is 1. The van der Waals surface area contributed by atoms with E-state index in [1.807, 2.05) is 0 Å². The number of H-pyrrole nitrogens is 1. The summed E-state index contributed by atoms with van der Waals surface area (Å²) in [6, 6.07) is 9.67. The van der Waals surface area contributed by atoms with Gasteiger partial charge in [-0.05, 0) is 36.4 Å². The average Bonchev–Trinajstić information content (AvgIpc) is 3.14. The van der Waals surface area contributed by atoms with Crippen molar-refractivity contribution in [2.75, 3.05) is 12.4 Å². The molecular weight excluding hydrogens is 344 g/mol. The van der Waals surface area contributed by atoms with E-state index in [-0.39, 0.29) is 11.3 Å². The topological polar surface area (TPSA) is 97.0 Å². The summed E-state index contributed by atoms with van der Waals surface area (Å²) in [5, 5.41) is 9.73. The molecule has 0 radical (unpaired) electrons. The number of amides is 1. The molecule has 0 aliphatic heterocycles. The summed E-state index contributed by atoms with van der Waals surface area (Å²) in [5.41, 5.74) is 2.28. The standard InChI is InChI=1S/C17H13ClN4O3/c1-25-17(24)11-2-3-12(18)14(8-11)20-16(23)15-9-13(21-22-15)10-4-6-19-7-5-10/h2-9H,1H3,(H,20,23)(H,21,22). The highest BCUT2D eigenvalue weighted by atomic mass is 35.5. The Kier molecular flexibility index (Phi) is 4.76. The Morgan fingerprint density at radius 3 is 2.64 bits per heavy atom. The van der Waals surface area contributed by atoms with Gasteiger partial charge in [-0.1, -0.05) is 11.6 Å². The monoisotopic (exact) mass is 356 g/mol. The fraction of sp³-hybridized carbons (Fsp3) is 0.0588. The molecule has 126 valence electrons. The fourth-order valence-corrected chi connectivity index (χ4v) is 2.33. The highest BCUT2D eigenvalue weighted by Gasteiger charge is 2.15. The third-order valence-electron chi connectivity index (χ3n) is 3.43. The molecule has 2 aromatic heterocycles. The van der Waals surface area contributed by atoms with E-state index in [2.05, 4.69) is 25.2 Å². The lowest BCUT2D eigenvalue weighted by Crippen LogP contribution is -2.13. The maximum Gasteiger partial charge on any atom is 0.337 e. The predicted molar refractivity (Wildman–Crippen MR) is 92.6 cm³/mol. The van der Waals surface area contributed by atoms with Gasteiger partial charge < -0.3 is 10.1 Å². The molecule has 0 aliphatic rings. The van der Waals surface area contributed by atoms with E-state index in [1.54, 1.807) is 30.6 Å². The summed E-state index contributed by atoms with van der Waals surface area (Å²) in [6.07, 6.45) is 3.28. The number of ether oxygens (including phenoxy) is 1. The van der Waals surface area contributed by atoms with E-state index < -0.39 is 11.9 Å². The first-order chi connectivity index (χ1) is 12.1. The molecule has 0 aliphatic carbocycles. The number of pyridine rings is 1. The summed E-state index contributed by atoms with van der Waals surface area (Å²) < 4.78 is 4.66. The molecule has 0 saturated heterocycles. The number of nitrogens with one attached hydrogen (secondary N) is 2. The van der Waals surface area contributed by atoms with Crippen LogP contribution in [0.1, 0.15) is 20.8 Å². The average molecular weight is 357 g/mol. The van der Waals surface area contributed by atoms with Gasteiger partial charge in [0.05, 0.1) is 29.1 Å². The van der Waals surface area contributed by atoms with E-state index in [0.29, 0.717) is 16.4 Å². The second kappa shape index (κ2) is 7.14. The Labute approximate surface area is 148 Å². The minimum absolute atomic E-state index is 0.256. The molecule has 0 bridgehead atoms. The number of anilines is 1. The quantitative estimate of drug-likeness (QED) is 0.700. The van der Waals surface area contributed by atoms with Crippen molar-refractivity contribution in [3.63, 3.8) is 0 Å². The first kappa shape index (κ1) is 16.7. The zero-order chi connectivity index (χ0) is 17.8. The Hall–Kier alpha value is -3.19. The van der Waals surface area contributed by atoms with E-state index in [1.165, 1.54) is 25.3 Å². The van der Waals surface area contributed by atoms with Crippen molar-refractivity contribution < 1.29 is 14.3 Å². The van der Waals surface area contributed by atoms with Gasteiger partial charge in [-0.15, -0.1) is 0 Å². The van der Waals surface area contributed by atoms with Gasteiger partial charge >= 0.3 is 5.97 Å². The fourth-order valence-electron chi connectivity index (χ4n) is 2.16. The van der Waals surface area contributed by atoms with Gasteiger partial charge in [0.25, 0.3) is 5.91 Å². The highest BCUT2D eigenvalue weighted by Crippen LogP contribution is 2.24. The number of methoxy groups -OCH3 is 1. The van der Waals surface area contributed by atoms with Crippen molar-refractivity contribution in [3.05, 3.63) is 65.1 Å². The second-order valence-electron chi connectivity index (χ2n) is 5.04. The third kappa shape index (κ3) is 3.67. The maximum absolute atomic E-state index is 12.4. The number of aromatic nitrogens is 3. The zero-order valence-electron chi connectivity index (χ0n) is 13.1. The maximum atomic E-state index is 12.4. The van der Waals surface area contributed by atoms with Gasteiger partial charge in [0.2, 0.25) is 0 Å². The van der Waals surface area contributed by atoms with Crippen molar-refractivity contribution >= 4 is 29.2 Å². The number of carbonyl (C=O) groups excluding carboxylic acids is 2. The summed E-state index contributed by atoms with van der Waals surface area (Å²) >= 11 is 6.08. The number of nitrogens with zero attached hydrogens (tertiary/aromatic N) is 2. The van der Waals surface area contributed by atoms with Crippen LogP contribution in [0.2, 0.25) is 5.02 Å². The van der Waals surface area contributed by atoms with Crippen LogP contribution in [0.15, 0.2) is 48.8 Å². The van der Waals surface area contributed by atoms with Crippen LogP contribution < -0.4 is 5.32 Å². The number of aromatic amines is 1. The van der Waals surface area contributed by atoms with Gasteiger partial charge in [-0.3, -0.25) is 14.9 Å². The van der Waals surface area contributed by atoms with Gasteiger partial charge in [-0.2, -0.15) is 5.10 Å². The molecule has 2 N–H and O–H groups in total. The predicted octanol–water partition coefficient (Wildman–Crippen LogP) is 3.16. The van der Waals surface area contributed by atoms with Crippen molar-refractivity contribution in [1.82, 2.24) is 15.2 Å². The lowest BCUT2D eigenvalue weighted by molar-refractivity contribution is 0.0600. The van der Waals surface area contributed by atoms with Gasteiger partial charge in [0.1, 0.15) is 5.69 Å². The molecule has 0 fully saturated rings. The molecule has 25 heavy (non-hydrogen) atoms. The zero-order valence-corrected chi connectivity index (χ0v) is 13.9. The number of hydrogen-bond acceptors (Lipinski definition) is 5. The summed E-state index contributed by atoms with van der Waals surface area (Å²) in [4.78, 5) is 27.9. The lowest BCUT2D eigenvalue weighted by atomic mass is 10.2. The summed E-state index contributed by atoms with van der Waals surface area (Å²) in [5.74, 6) is -0.953. The number of carbonyl (C=O) groups is 2. The third-order valence-corrected chi connectivity index (χ3v) is 3.76. The van der Waals surface area contributed by atoms with Crippen LogP contribution in [-0.2, 0) is 4.74 Å². The smallest absolute Gasteiger partial charge is 0.337 e. The number of rotatable bonds is 4. The molecule has 3 aromatic rings. The normalized spacial score (nSPS) is 10.3. The van der Waals surface area contributed by atoms with Crippen LogP contribution in [0.5, 0.6) is 0 Å². The van der Waals surface area contributed by atoms with Crippen LogP contribution >= 0.6 is 11.6 Å². The summed E-state index contributed by atoms with van der Waals surface area (Å²) in [7, 11) is 1.28. The first-order valence-corrected chi connectivity index (χ1v) is 7.61. The van der Waals surface area contributed by atoms with Gasteiger partial charge in [0.15, 0.2) is 0 Å². The van der Waals surface area contributed by atoms with Crippen molar-refractivity contribution in [1.29, 1.82) is 0 Å². The molecule has 2 heterocycles. The summed E-state index contributed by atoms with van der Waals surface area (Å²) in [6.45, 7) is 0. The minimum atomic E-state index is -0.520. The minimum Gasteiger partial charge on any atom is -0.465 e. The Balaban J connectivity index is 1.81. The highest BCUT2D eigenvalue weighted by molar-refractivity contribution is 6.34. The number of benzene rings is 1. The van der Waals surface area contributed by atoms with Crippen LogP contribution in [0.3, 0.4) is 0 Å². The molecule has 3 rings (SSSR count). The largest absolute Gasteiger partial charge is 0.465 e. The molecule has 0 unspecified atom stereocenters. The molecule has 7 nitrogen and oxygen atoms in total. The van der Waals surface area contributed by atoms with Crippen molar-refractivity contribution in [2.45, 2.75) is 0 Å². The van der Waals surface area contributed by atoms with Crippen molar-refractivity contribution in [3.8, 4) is 11.3 Å². The number of halogens is 1. The van der Waals surface area contributed by atoms with Gasteiger partial charge in [0, 0.05) is 18.0 Å². The Morgan fingerprint density at radius 1 is 1.16 bits per heavy atom. The molecule has 1 amide bonds. The van der Waals surface area contributed by atoms with Crippen molar-refractivity contribution in [2.24, 2.45) is 0 Å². The molecule has 8 heteroatoms. The molecule has 0 spiro atoms. The number of hydrogen-bond donors (Lipinski definition) is 2. The van der Waals surface area contributed by atoms with E-state index in [0.717, 1.165) is 5.56 Å². The van der Waals surface area contributed by atoms with E-state index >= 15 is 0 Å². The molecule has 0 saturated carbocycles. The molecule has 1 aromatic carbocycles. The lowest BCUT2D eigenvalue weighted by Gasteiger charge is -2.07.